The second-order valence-corrected chi connectivity index (χ2v) is 10.2. The van der Waals surface area contributed by atoms with E-state index in [1.807, 2.05) is 78.9 Å². The summed E-state index contributed by atoms with van der Waals surface area (Å²) in [6.07, 6.45) is 5.46. The number of fused-ring (bicyclic) bond motifs is 1. The molecule has 6 nitrogen and oxygen atoms in total. The number of ether oxygens (including phenoxy) is 1. The first-order chi connectivity index (χ1) is 17.9. The van der Waals surface area contributed by atoms with E-state index in [1.165, 1.54) is 11.3 Å². The Hall–Kier alpha value is -3.75. The summed E-state index contributed by atoms with van der Waals surface area (Å²) < 4.78 is 14.3. The normalized spacial score (nSPS) is 15.6. The number of allylic oxidation sites excluding steroid dienone is 2. The van der Waals surface area contributed by atoms with E-state index in [-0.39, 0.29) is 12.2 Å². The molecule has 2 aromatic carbocycles. The van der Waals surface area contributed by atoms with Crippen LogP contribution >= 0.6 is 27.3 Å². The summed E-state index contributed by atoms with van der Waals surface area (Å²) in [6, 6.07) is 20.6. The van der Waals surface area contributed by atoms with Crippen molar-refractivity contribution in [2.75, 3.05) is 6.61 Å². The van der Waals surface area contributed by atoms with Crippen LogP contribution in [-0.4, -0.2) is 17.1 Å². The van der Waals surface area contributed by atoms with Gasteiger partial charge in [-0.05, 0) is 43.7 Å². The number of carbonyl (C=O) groups is 1. The van der Waals surface area contributed by atoms with Crippen LogP contribution in [0.5, 0.6) is 0 Å². The van der Waals surface area contributed by atoms with Gasteiger partial charge >= 0.3 is 5.97 Å². The van der Waals surface area contributed by atoms with Gasteiger partial charge in [0.15, 0.2) is 4.80 Å². The third-order valence-corrected chi connectivity index (χ3v) is 7.37. The standard InChI is InChI=1S/C29H23BrN2O4S/c1-3-35-28(34)26-18(2)31-29-32(23(26)15-9-19-7-5-4-6-8-19)27(33)25(37-29)17-22-14-16-24(36-22)20-10-12-21(30)13-11-20/h4-17,23H,3H2,1-2H3/b15-9+,25-17+/t23-/m0/s1. The molecule has 1 atom stereocenters. The zero-order valence-electron chi connectivity index (χ0n) is 20.2. The zero-order chi connectivity index (χ0) is 25.9. The largest absolute Gasteiger partial charge is 0.463 e. The molecule has 0 spiro atoms. The molecule has 2 aromatic heterocycles. The van der Waals surface area contributed by atoms with Gasteiger partial charge in [0.1, 0.15) is 11.5 Å². The van der Waals surface area contributed by atoms with E-state index in [1.54, 1.807) is 24.5 Å². The maximum atomic E-state index is 13.6. The Morgan fingerprint density at radius 1 is 1.14 bits per heavy atom. The molecule has 5 rings (SSSR count). The van der Waals surface area contributed by atoms with Gasteiger partial charge in [0, 0.05) is 16.1 Å². The summed E-state index contributed by atoms with van der Waals surface area (Å²) in [4.78, 5) is 31.6. The van der Waals surface area contributed by atoms with Crippen molar-refractivity contribution in [1.82, 2.24) is 4.57 Å². The molecule has 3 heterocycles. The van der Waals surface area contributed by atoms with E-state index in [0.717, 1.165) is 15.6 Å². The summed E-state index contributed by atoms with van der Waals surface area (Å²) in [7, 11) is 0. The van der Waals surface area contributed by atoms with Gasteiger partial charge in [-0.3, -0.25) is 9.36 Å². The number of aromatic nitrogens is 1. The van der Waals surface area contributed by atoms with Crippen molar-refractivity contribution in [3.05, 3.63) is 120 Å². The average Bonchev–Trinajstić information content (AvgIpc) is 3.48. The Labute approximate surface area is 225 Å². The first-order valence-corrected chi connectivity index (χ1v) is 13.3. The minimum Gasteiger partial charge on any atom is -0.463 e. The molecule has 0 fully saturated rings. The van der Waals surface area contributed by atoms with Gasteiger partial charge in [0.25, 0.3) is 5.56 Å². The minimum atomic E-state index is -0.646. The number of carbonyl (C=O) groups excluding carboxylic acids is 1. The van der Waals surface area contributed by atoms with Crippen LogP contribution in [0.3, 0.4) is 0 Å². The number of rotatable bonds is 6. The van der Waals surface area contributed by atoms with Crippen molar-refractivity contribution in [3.8, 4) is 11.3 Å². The lowest BCUT2D eigenvalue weighted by molar-refractivity contribution is -0.139. The quantitative estimate of drug-likeness (QED) is 0.285. The molecule has 0 saturated carbocycles. The molecule has 4 aromatic rings. The molecule has 0 radical (unpaired) electrons. The topological polar surface area (TPSA) is 73.8 Å². The minimum absolute atomic E-state index is 0.231. The fourth-order valence-corrected chi connectivity index (χ4v) is 5.41. The number of furan rings is 1. The monoisotopic (exact) mass is 574 g/mol. The third-order valence-electron chi connectivity index (χ3n) is 5.86. The third kappa shape index (κ3) is 5.21. The van der Waals surface area contributed by atoms with Crippen LogP contribution in [0.25, 0.3) is 23.5 Å². The highest BCUT2D eigenvalue weighted by Gasteiger charge is 2.30. The summed E-state index contributed by atoms with van der Waals surface area (Å²) in [5.41, 5.74) is 2.53. The summed E-state index contributed by atoms with van der Waals surface area (Å²) in [5.74, 6) is 0.780. The maximum Gasteiger partial charge on any atom is 0.338 e. The molecular formula is C29H23BrN2O4S. The van der Waals surface area contributed by atoms with E-state index in [2.05, 4.69) is 20.9 Å². The molecule has 1 aliphatic rings. The smallest absolute Gasteiger partial charge is 0.338 e. The van der Waals surface area contributed by atoms with Crippen molar-refractivity contribution in [3.63, 3.8) is 0 Å². The Kier molecular flexibility index (Phi) is 7.21. The Balaban J connectivity index is 1.58. The number of nitrogens with zero attached hydrogens (tertiary/aromatic N) is 2. The molecule has 1 aliphatic heterocycles. The Morgan fingerprint density at radius 2 is 1.89 bits per heavy atom. The van der Waals surface area contributed by atoms with Crippen molar-refractivity contribution >= 4 is 45.4 Å². The molecule has 37 heavy (non-hydrogen) atoms. The predicted molar refractivity (Wildman–Crippen MR) is 149 cm³/mol. The molecule has 0 saturated heterocycles. The molecule has 186 valence electrons. The fraction of sp³-hybridized carbons (Fsp3) is 0.138. The summed E-state index contributed by atoms with van der Waals surface area (Å²) >= 11 is 4.70. The molecule has 0 bridgehead atoms. The van der Waals surface area contributed by atoms with Crippen molar-refractivity contribution < 1.29 is 13.9 Å². The zero-order valence-corrected chi connectivity index (χ0v) is 22.6. The number of thiazole rings is 1. The number of esters is 1. The van der Waals surface area contributed by atoms with Crippen molar-refractivity contribution in [1.29, 1.82) is 0 Å². The predicted octanol–water partition coefficient (Wildman–Crippen LogP) is 5.49. The number of benzene rings is 2. The number of hydrogen-bond donors (Lipinski definition) is 0. The van der Waals surface area contributed by atoms with Gasteiger partial charge in [-0.25, -0.2) is 9.79 Å². The lowest BCUT2D eigenvalue weighted by Crippen LogP contribution is -2.38. The van der Waals surface area contributed by atoms with Crippen LogP contribution in [0.15, 0.2) is 103 Å². The van der Waals surface area contributed by atoms with Crippen LogP contribution in [-0.2, 0) is 9.53 Å². The van der Waals surface area contributed by atoms with Crippen LogP contribution in [0.4, 0.5) is 0 Å². The van der Waals surface area contributed by atoms with Crippen LogP contribution in [0.1, 0.15) is 31.2 Å². The van der Waals surface area contributed by atoms with Crippen LogP contribution in [0, 0.1) is 0 Å². The molecule has 0 unspecified atom stereocenters. The van der Waals surface area contributed by atoms with E-state index in [9.17, 15) is 9.59 Å². The Bertz CT molecular complexity index is 1690. The van der Waals surface area contributed by atoms with Gasteiger partial charge in [-0.15, -0.1) is 0 Å². The summed E-state index contributed by atoms with van der Waals surface area (Å²) in [5, 5.41) is 0. The van der Waals surface area contributed by atoms with E-state index < -0.39 is 12.0 Å². The second kappa shape index (κ2) is 10.7. The van der Waals surface area contributed by atoms with Gasteiger partial charge in [0.05, 0.1) is 28.5 Å². The highest BCUT2D eigenvalue weighted by atomic mass is 79.9. The van der Waals surface area contributed by atoms with Gasteiger partial charge in [0.2, 0.25) is 0 Å². The SMILES string of the molecule is CCOC(=O)C1=C(C)N=c2s/c(=C/c3ccc(-c4ccc(Br)cc4)o3)c(=O)n2[C@H]1/C=C/c1ccccc1. The van der Waals surface area contributed by atoms with Crippen LogP contribution < -0.4 is 14.9 Å². The lowest BCUT2D eigenvalue weighted by atomic mass is 10.0. The first-order valence-electron chi connectivity index (χ1n) is 11.7. The molecular weight excluding hydrogens is 552 g/mol. The highest BCUT2D eigenvalue weighted by Crippen LogP contribution is 2.27. The van der Waals surface area contributed by atoms with E-state index in [0.29, 0.717) is 32.1 Å². The molecule has 0 amide bonds. The van der Waals surface area contributed by atoms with Crippen LogP contribution in [0.2, 0.25) is 0 Å². The highest BCUT2D eigenvalue weighted by molar-refractivity contribution is 9.10. The Morgan fingerprint density at radius 3 is 2.62 bits per heavy atom. The first kappa shape index (κ1) is 24.9. The van der Waals surface area contributed by atoms with Gasteiger partial charge < -0.3 is 9.15 Å². The second-order valence-electron chi connectivity index (χ2n) is 8.32. The number of hydrogen-bond acceptors (Lipinski definition) is 6. The van der Waals surface area contributed by atoms with E-state index in [4.69, 9.17) is 9.15 Å². The molecule has 0 aliphatic carbocycles. The summed E-state index contributed by atoms with van der Waals surface area (Å²) in [6.45, 7) is 3.75. The van der Waals surface area contributed by atoms with Gasteiger partial charge in [-0.2, -0.15) is 0 Å². The van der Waals surface area contributed by atoms with Crippen molar-refractivity contribution in [2.24, 2.45) is 4.99 Å². The molecule has 8 heteroatoms. The average molecular weight is 575 g/mol. The van der Waals surface area contributed by atoms with E-state index >= 15 is 0 Å². The maximum absolute atomic E-state index is 13.6. The number of halogens is 1. The van der Waals surface area contributed by atoms with Crippen molar-refractivity contribution in [2.45, 2.75) is 19.9 Å². The van der Waals surface area contributed by atoms with Gasteiger partial charge in [-0.1, -0.05) is 81.9 Å². The lowest BCUT2D eigenvalue weighted by Gasteiger charge is -2.21. The fourth-order valence-electron chi connectivity index (χ4n) is 4.11. The molecule has 0 N–H and O–H groups in total.